The largest absolute Gasteiger partial charge is 0.491 e. The van der Waals surface area contributed by atoms with Crippen LogP contribution in [0.1, 0.15) is 76.9 Å². The average molecular weight is 843 g/mol. The van der Waals surface area contributed by atoms with Crippen LogP contribution in [0, 0.1) is 0 Å². The number of nitrogens with zero attached hydrogens (tertiary/aromatic N) is 8. The number of aryl methyl sites for hydroxylation is 2. The van der Waals surface area contributed by atoms with Crippen LogP contribution in [0.5, 0.6) is 11.5 Å². The molecule has 328 valence electrons. The van der Waals surface area contributed by atoms with E-state index in [-0.39, 0.29) is 48.7 Å². The summed E-state index contributed by atoms with van der Waals surface area (Å²) in [6, 6.07) is 6.97. The lowest BCUT2D eigenvalue weighted by atomic mass is 10.1. The van der Waals surface area contributed by atoms with E-state index in [9.17, 15) is 19.1 Å². The molecule has 4 aromatic heterocycles. The molecule has 2 aliphatic carbocycles. The predicted octanol–water partition coefficient (Wildman–Crippen LogP) is 4.24. The highest BCUT2D eigenvalue weighted by Gasteiger charge is 2.27. The van der Waals surface area contributed by atoms with E-state index in [1.54, 1.807) is 24.5 Å². The molecule has 0 saturated carbocycles. The Balaban J connectivity index is 0.000000204. The Labute approximate surface area is 357 Å². The van der Waals surface area contributed by atoms with E-state index in [1.165, 1.54) is 0 Å². The Bertz CT molecular complexity index is 2170. The van der Waals surface area contributed by atoms with Gasteiger partial charge in [0.1, 0.15) is 66.6 Å². The number of aromatic nitrogens is 6. The maximum atomic E-state index is 12.5. The number of aliphatic hydroxyl groups excluding tert-OH is 1. The topological polar surface area (TPSA) is 193 Å². The average Bonchev–Trinajstić information content (AvgIpc) is 3.69. The van der Waals surface area contributed by atoms with E-state index in [0.29, 0.717) is 35.4 Å². The monoisotopic (exact) mass is 842 g/mol. The zero-order valence-electron chi connectivity index (χ0n) is 36.5. The van der Waals surface area contributed by atoms with Crippen LogP contribution in [0.3, 0.4) is 0 Å². The van der Waals surface area contributed by atoms with Crippen molar-refractivity contribution in [2.24, 2.45) is 0 Å². The van der Waals surface area contributed by atoms with Crippen LogP contribution in [0.15, 0.2) is 36.7 Å². The molecular weight excluding hydrogens is 784 g/mol. The standard InChI is InChI=1S/C22H30FN5O3.C22H29N5O3/c1-22(2,3)27-19(30)12-28(4)21-16-6-5-7-17(16)25-20(26-21)18-10-15(8-9-24-18)31-13-14(29)11-23;1-22(2,3)26-19(28)11-27(4)21-16-6-5-7-17(16)24-20(25-21)18-10-14(8-9-23-18)29-12-15-13-30-15/h8-10,14,29H,5-7,11-13H2,1-4H3,(H,27,30);8-10,15H,5-7,11-13H2,1-4H3,(H,26,28)/t14-;15-/m10/s1. The Hall–Kier alpha value is -5.55. The van der Waals surface area contributed by atoms with Gasteiger partial charge < -0.3 is 39.8 Å². The van der Waals surface area contributed by atoms with Crippen LogP contribution in [0.25, 0.3) is 23.0 Å². The van der Waals surface area contributed by atoms with E-state index in [4.69, 9.17) is 34.1 Å². The highest BCUT2D eigenvalue weighted by atomic mass is 19.1. The zero-order valence-corrected chi connectivity index (χ0v) is 36.5. The van der Waals surface area contributed by atoms with Crippen molar-refractivity contribution in [3.8, 4) is 34.5 Å². The first-order valence-electron chi connectivity index (χ1n) is 20.8. The fraction of sp³-hybridized carbons (Fsp3) is 0.545. The molecule has 0 spiro atoms. The minimum absolute atomic E-state index is 0.0345. The molecule has 7 rings (SSSR count). The number of pyridine rings is 2. The number of likely N-dealkylation sites (N-methyl/N-ethyl adjacent to an activating group) is 2. The van der Waals surface area contributed by atoms with Crippen LogP contribution in [-0.4, -0.2) is 124 Å². The molecule has 2 atom stereocenters. The molecule has 2 amide bonds. The quantitative estimate of drug-likeness (QED) is 0.144. The number of ether oxygens (including phenoxy) is 3. The molecule has 0 radical (unpaired) electrons. The zero-order chi connectivity index (χ0) is 43.9. The second-order valence-electron chi connectivity index (χ2n) is 17.7. The van der Waals surface area contributed by atoms with Crippen LogP contribution < -0.4 is 29.9 Å². The summed E-state index contributed by atoms with van der Waals surface area (Å²) in [7, 11) is 3.74. The molecule has 3 N–H and O–H groups in total. The Morgan fingerprint density at radius 3 is 1.67 bits per heavy atom. The fourth-order valence-corrected chi connectivity index (χ4v) is 7.02. The number of rotatable bonds is 15. The molecule has 1 aliphatic heterocycles. The van der Waals surface area contributed by atoms with Gasteiger partial charge in [-0.2, -0.15) is 0 Å². The third-order valence-electron chi connectivity index (χ3n) is 9.72. The van der Waals surface area contributed by atoms with Crippen molar-refractivity contribution in [1.29, 1.82) is 0 Å². The van der Waals surface area contributed by atoms with E-state index in [2.05, 4.69) is 20.6 Å². The van der Waals surface area contributed by atoms with Crippen molar-refractivity contribution in [1.82, 2.24) is 40.5 Å². The second-order valence-corrected chi connectivity index (χ2v) is 17.7. The van der Waals surface area contributed by atoms with Crippen LogP contribution in [0.4, 0.5) is 16.0 Å². The first kappa shape index (κ1) is 45.0. The molecule has 17 heteroatoms. The fourth-order valence-electron chi connectivity index (χ4n) is 7.02. The maximum Gasteiger partial charge on any atom is 0.239 e. The summed E-state index contributed by atoms with van der Waals surface area (Å²) in [6.07, 6.45) is 7.86. The molecule has 5 heterocycles. The van der Waals surface area contributed by atoms with E-state index >= 15 is 0 Å². The smallest absolute Gasteiger partial charge is 0.239 e. The van der Waals surface area contributed by atoms with E-state index < -0.39 is 12.8 Å². The van der Waals surface area contributed by atoms with Gasteiger partial charge in [-0.15, -0.1) is 0 Å². The SMILES string of the molecule is CN(CC(=O)NC(C)(C)C)c1nc(-c2cc(OC[C@H](O)CF)ccn2)nc2c1CCC2.CN(CC(=O)NC(C)(C)C)c1nc(-c2cc(OC[C@H]3CO3)ccn2)nc2c1CCC2. The van der Waals surface area contributed by atoms with Crippen LogP contribution in [0.2, 0.25) is 0 Å². The highest BCUT2D eigenvalue weighted by molar-refractivity contribution is 5.82. The van der Waals surface area contributed by atoms with Gasteiger partial charge >= 0.3 is 0 Å². The van der Waals surface area contributed by atoms with E-state index in [0.717, 1.165) is 85.0 Å². The summed E-state index contributed by atoms with van der Waals surface area (Å²) >= 11 is 0. The summed E-state index contributed by atoms with van der Waals surface area (Å²) in [4.78, 5) is 56.4. The number of hydrogen-bond acceptors (Lipinski definition) is 14. The number of amides is 2. The van der Waals surface area contributed by atoms with Gasteiger partial charge in [0, 0.05) is 72.2 Å². The third kappa shape index (κ3) is 13.0. The maximum absolute atomic E-state index is 12.5. The van der Waals surface area contributed by atoms with Gasteiger partial charge in [0.15, 0.2) is 11.6 Å². The number of nitrogens with one attached hydrogen (secondary N) is 2. The third-order valence-corrected chi connectivity index (χ3v) is 9.72. The van der Waals surface area contributed by atoms with Gasteiger partial charge in [0.2, 0.25) is 11.8 Å². The lowest BCUT2D eigenvalue weighted by Crippen LogP contribution is -2.45. The number of fused-ring (bicyclic) bond motifs is 2. The number of hydrogen-bond donors (Lipinski definition) is 3. The first-order valence-corrected chi connectivity index (χ1v) is 20.8. The minimum Gasteiger partial charge on any atom is -0.491 e. The van der Waals surface area contributed by atoms with Crippen molar-refractivity contribution in [2.45, 2.75) is 103 Å². The van der Waals surface area contributed by atoms with E-state index in [1.807, 2.05) is 77.6 Å². The van der Waals surface area contributed by atoms with Crippen molar-refractivity contribution < 1.29 is 33.3 Å². The van der Waals surface area contributed by atoms with Gasteiger partial charge in [0.05, 0.1) is 19.7 Å². The summed E-state index contributed by atoms with van der Waals surface area (Å²) < 4.78 is 28.9. The summed E-state index contributed by atoms with van der Waals surface area (Å²) in [5.41, 5.74) is 4.78. The Morgan fingerprint density at radius 2 is 1.25 bits per heavy atom. The number of aliphatic hydroxyl groups is 1. The highest BCUT2D eigenvalue weighted by Crippen LogP contribution is 2.33. The predicted molar refractivity (Wildman–Crippen MR) is 230 cm³/mol. The van der Waals surface area contributed by atoms with Crippen LogP contribution >= 0.6 is 0 Å². The Kier molecular flexibility index (Phi) is 14.3. The number of alkyl halides is 1. The summed E-state index contributed by atoms with van der Waals surface area (Å²) in [6.45, 7) is 12.4. The minimum atomic E-state index is -1.17. The van der Waals surface area contributed by atoms with Crippen molar-refractivity contribution in [3.05, 3.63) is 59.2 Å². The molecule has 0 unspecified atom stereocenters. The number of epoxide rings is 1. The van der Waals surface area contributed by atoms with Crippen molar-refractivity contribution in [2.75, 3.05) is 63.5 Å². The van der Waals surface area contributed by atoms with Crippen LogP contribution in [-0.2, 0) is 40.0 Å². The molecule has 16 nitrogen and oxygen atoms in total. The van der Waals surface area contributed by atoms with Gasteiger partial charge in [-0.05, 0) is 92.2 Å². The summed E-state index contributed by atoms with van der Waals surface area (Å²) in [5.74, 6) is 3.57. The first-order chi connectivity index (χ1) is 28.9. The number of carbonyl (C=O) groups is 2. The number of anilines is 2. The van der Waals surface area contributed by atoms with Crippen molar-refractivity contribution >= 4 is 23.5 Å². The normalized spacial score (nSPS) is 15.7. The lowest BCUT2D eigenvalue weighted by molar-refractivity contribution is -0.122. The molecule has 1 saturated heterocycles. The molecule has 4 aromatic rings. The number of halogens is 1. The van der Waals surface area contributed by atoms with Crippen molar-refractivity contribution in [3.63, 3.8) is 0 Å². The molecule has 1 fully saturated rings. The number of carbonyl (C=O) groups excluding carboxylic acids is 2. The molecular formula is C44H59FN10O6. The van der Waals surface area contributed by atoms with Gasteiger partial charge in [-0.1, -0.05) is 0 Å². The molecule has 61 heavy (non-hydrogen) atoms. The molecule has 3 aliphatic rings. The molecule has 0 aromatic carbocycles. The van der Waals surface area contributed by atoms with Gasteiger partial charge in [0.25, 0.3) is 0 Å². The summed E-state index contributed by atoms with van der Waals surface area (Å²) in [5, 5.41) is 15.3. The second kappa shape index (κ2) is 19.4. The Morgan fingerprint density at radius 1 is 0.787 bits per heavy atom. The van der Waals surface area contributed by atoms with Gasteiger partial charge in [-0.25, -0.2) is 24.3 Å². The lowest BCUT2D eigenvalue weighted by Gasteiger charge is -2.25. The molecule has 0 bridgehead atoms. The van der Waals surface area contributed by atoms with Gasteiger partial charge in [-0.3, -0.25) is 19.6 Å².